The van der Waals surface area contributed by atoms with Gasteiger partial charge in [0, 0.05) is 6.20 Å². The predicted octanol–water partition coefficient (Wildman–Crippen LogP) is 3.27. The Kier molecular flexibility index (Phi) is 4.71. The number of nitrogens with two attached hydrogens (primary N) is 1. The first-order chi connectivity index (χ1) is 9.11. The monoisotopic (exact) mass is 299 g/mol. The summed E-state index contributed by atoms with van der Waals surface area (Å²) in [4.78, 5) is 3.91. The van der Waals surface area contributed by atoms with Gasteiger partial charge in [-0.1, -0.05) is 35.3 Å². The molecule has 0 aliphatic rings. The molecule has 100 valence electrons. The Labute approximate surface area is 120 Å². The summed E-state index contributed by atoms with van der Waals surface area (Å²) in [6, 6.07) is 7.98. The van der Waals surface area contributed by atoms with E-state index in [0.29, 0.717) is 17.1 Å². The normalized spacial score (nSPS) is 12.4. The van der Waals surface area contributed by atoms with Crippen molar-refractivity contribution in [3.05, 3.63) is 63.6 Å². The summed E-state index contributed by atoms with van der Waals surface area (Å²) in [6.45, 7) is 0. The van der Waals surface area contributed by atoms with E-state index in [1.807, 2.05) is 0 Å². The minimum Gasteiger partial charge on any atom is -0.271 e. The van der Waals surface area contributed by atoms with Crippen LogP contribution in [-0.2, 0) is 6.42 Å². The smallest absolute Gasteiger partial charge is 0.142 e. The molecule has 0 saturated heterocycles. The summed E-state index contributed by atoms with van der Waals surface area (Å²) in [7, 11) is 0. The molecule has 1 heterocycles. The van der Waals surface area contributed by atoms with E-state index in [9.17, 15) is 4.39 Å². The summed E-state index contributed by atoms with van der Waals surface area (Å²) in [5.74, 6) is 5.10. The SMILES string of the molecule is NNC(Cc1cccc(F)c1Cl)c1ccnc(Cl)c1. The number of pyridine rings is 1. The molecule has 3 N–H and O–H groups in total. The van der Waals surface area contributed by atoms with Gasteiger partial charge in [0.05, 0.1) is 11.1 Å². The summed E-state index contributed by atoms with van der Waals surface area (Å²) in [5.41, 5.74) is 4.22. The molecule has 1 atom stereocenters. The van der Waals surface area contributed by atoms with Gasteiger partial charge in [-0.2, -0.15) is 0 Å². The zero-order valence-electron chi connectivity index (χ0n) is 9.91. The second-order valence-corrected chi connectivity index (χ2v) is 4.81. The zero-order chi connectivity index (χ0) is 13.8. The number of hydrazine groups is 1. The minimum absolute atomic E-state index is 0.114. The van der Waals surface area contributed by atoms with Gasteiger partial charge < -0.3 is 0 Å². The largest absolute Gasteiger partial charge is 0.271 e. The molecule has 1 aromatic heterocycles. The lowest BCUT2D eigenvalue weighted by Gasteiger charge is -2.17. The first kappa shape index (κ1) is 14.2. The Morgan fingerprint density at radius 1 is 1.32 bits per heavy atom. The maximum Gasteiger partial charge on any atom is 0.142 e. The highest BCUT2D eigenvalue weighted by Crippen LogP contribution is 2.25. The Hall–Kier alpha value is -1.20. The molecule has 0 amide bonds. The standard InChI is InChI=1S/C13H12Cl2FN3/c14-12-7-8(4-5-18-12)11(19-17)6-9-2-1-3-10(16)13(9)15/h1-5,7,11,19H,6,17H2. The van der Waals surface area contributed by atoms with Gasteiger partial charge in [-0.15, -0.1) is 0 Å². The molecule has 0 spiro atoms. The molecule has 3 nitrogen and oxygen atoms in total. The number of benzene rings is 1. The topological polar surface area (TPSA) is 50.9 Å². The summed E-state index contributed by atoms with van der Waals surface area (Å²) in [6.07, 6.45) is 2.04. The number of rotatable bonds is 4. The predicted molar refractivity (Wildman–Crippen MR) is 74.4 cm³/mol. The van der Waals surface area contributed by atoms with Crippen molar-refractivity contribution in [3.63, 3.8) is 0 Å². The quantitative estimate of drug-likeness (QED) is 0.517. The molecule has 1 unspecified atom stereocenters. The fourth-order valence-electron chi connectivity index (χ4n) is 1.83. The van der Waals surface area contributed by atoms with E-state index >= 15 is 0 Å². The average Bonchev–Trinajstić information content (AvgIpc) is 2.40. The van der Waals surface area contributed by atoms with E-state index in [2.05, 4.69) is 10.4 Å². The van der Waals surface area contributed by atoms with Gasteiger partial charge in [-0.25, -0.2) is 9.37 Å². The fourth-order valence-corrected chi connectivity index (χ4v) is 2.22. The van der Waals surface area contributed by atoms with Gasteiger partial charge in [-0.05, 0) is 35.7 Å². The van der Waals surface area contributed by atoms with Crippen molar-refractivity contribution in [1.29, 1.82) is 0 Å². The van der Waals surface area contributed by atoms with Gasteiger partial charge in [0.25, 0.3) is 0 Å². The molecular formula is C13H12Cl2FN3. The molecule has 1 aromatic carbocycles. The average molecular weight is 300 g/mol. The van der Waals surface area contributed by atoms with Crippen molar-refractivity contribution < 1.29 is 4.39 Å². The lowest BCUT2D eigenvalue weighted by Crippen LogP contribution is -2.29. The van der Waals surface area contributed by atoms with E-state index in [0.717, 1.165) is 5.56 Å². The third-order valence-electron chi connectivity index (χ3n) is 2.81. The van der Waals surface area contributed by atoms with Gasteiger partial charge in [0.1, 0.15) is 11.0 Å². The van der Waals surface area contributed by atoms with Crippen LogP contribution >= 0.6 is 23.2 Å². The van der Waals surface area contributed by atoms with Crippen LogP contribution in [0, 0.1) is 5.82 Å². The molecule has 0 aliphatic carbocycles. The van der Waals surface area contributed by atoms with Crippen LogP contribution in [0.2, 0.25) is 10.2 Å². The van der Waals surface area contributed by atoms with E-state index in [-0.39, 0.29) is 11.1 Å². The van der Waals surface area contributed by atoms with Crippen LogP contribution in [0.3, 0.4) is 0 Å². The second-order valence-electron chi connectivity index (χ2n) is 4.05. The highest BCUT2D eigenvalue weighted by atomic mass is 35.5. The maximum atomic E-state index is 13.4. The molecule has 0 bridgehead atoms. The zero-order valence-corrected chi connectivity index (χ0v) is 11.4. The summed E-state index contributed by atoms with van der Waals surface area (Å²) < 4.78 is 13.4. The molecule has 0 aliphatic heterocycles. The van der Waals surface area contributed by atoms with E-state index < -0.39 is 5.82 Å². The number of nitrogens with zero attached hydrogens (tertiary/aromatic N) is 1. The molecule has 0 radical (unpaired) electrons. The van der Waals surface area contributed by atoms with Crippen molar-refractivity contribution in [2.45, 2.75) is 12.5 Å². The lowest BCUT2D eigenvalue weighted by atomic mass is 10.0. The number of halogens is 3. The molecule has 0 fully saturated rings. The van der Waals surface area contributed by atoms with Crippen molar-refractivity contribution >= 4 is 23.2 Å². The van der Waals surface area contributed by atoms with Gasteiger partial charge in [-0.3, -0.25) is 11.3 Å². The first-order valence-corrected chi connectivity index (χ1v) is 6.38. The van der Waals surface area contributed by atoms with E-state index in [4.69, 9.17) is 29.0 Å². The molecule has 19 heavy (non-hydrogen) atoms. The highest BCUT2D eigenvalue weighted by molar-refractivity contribution is 6.31. The Morgan fingerprint density at radius 3 is 2.79 bits per heavy atom. The van der Waals surface area contributed by atoms with Crippen LogP contribution < -0.4 is 11.3 Å². The number of nitrogens with one attached hydrogen (secondary N) is 1. The van der Waals surface area contributed by atoms with Crippen LogP contribution in [0.25, 0.3) is 0 Å². The molecule has 6 heteroatoms. The van der Waals surface area contributed by atoms with Crippen LogP contribution in [0.15, 0.2) is 36.5 Å². The maximum absolute atomic E-state index is 13.4. The van der Waals surface area contributed by atoms with Crippen molar-refractivity contribution in [2.24, 2.45) is 5.84 Å². The summed E-state index contributed by atoms with van der Waals surface area (Å²) in [5, 5.41) is 0.492. The van der Waals surface area contributed by atoms with Gasteiger partial charge in [0.15, 0.2) is 0 Å². The van der Waals surface area contributed by atoms with Gasteiger partial charge in [0.2, 0.25) is 0 Å². The van der Waals surface area contributed by atoms with Crippen molar-refractivity contribution in [1.82, 2.24) is 10.4 Å². The van der Waals surface area contributed by atoms with Gasteiger partial charge >= 0.3 is 0 Å². The van der Waals surface area contributed by atoms with Crippen molar-refractivity contribution in [2.75, 3.05) is 0 Å². The Bertz CT molecular complexity index is 578. The number of hydrogen-bond acceptors (Lipinski definition) is 3. The Morgan fingerprint density at radius 2 is 2.11 bits per heavy atom. The second kappa shape index (κ2) is 6.30. The number of aromatic nitrogens is 1. The molecule has 2 aromatic rings. The highest BCUT2D eigenvalue weighted by Gasteiger charge is 2.14. The van der Waals surface area contributed by atoms with E-state index in [1.54, 1.807) is 30.5 Å². The van der Waals surface area contributed by atoms with E-state index in [1.165, 1.54) is 6.07 Å². The minimum atomic E-state index is -0.442. The summed E-state index contributed by atoms with van der Waals surface area (Å²) >= 11 is 11.8. The van der Waals surface area contributed by atoms with Crippen LogP contribution in [0.1, 0.15) is 17.2 Å². The third kappa shape index (κ3) is 3.42. The third-order valence-corrected chi connectivity index (χ3v) is 3.44. The van der Waals surface area contributed by atoms with Crippen LogP contribution in [-0.4, -0.2) is 4.98 Å². The number of hydrogen-bond donors (Lipinski definition) is 2. The molecular weight excluding hydrogens is 288 g/mol. The molecule has 2 rings (SSSR count). The van der Waals surface area contributed by atoms with Crippen LogP contribution in [0.5, 0.6) is 0 Å². The van der Waals surface area contributed by atoms with Crippen LogP contribution in [0.4, 0.5) is 4.39 Å². The molecule has 0 saturated carbocycles. The van der Waals surface area contributed by atoms with Crippen molar-refractivity contribution in [3.8, 4) is 0 Å². The Balaban J connectivity index is 2.26. The first-order valence-electron chi connectivity index (χ1n) is 5.62. The fraction of sp³-hybridized carbons (Fsp3) is 0.154. The lowest BCUT2D eigenvalue weighted by molar-refractivity contribution is 0.548.